The smallest absolute Gasteiger partial charge is 0.462 e. The van der Waals surface area contributed by atoms with Gasteiger partial charge in [-0.25, -0.2) is 4.57 Å². The van der Waals surface area contributed by atoms with Crippen LogP contribution in [0.25, 0.3) is 0 Å². The maximum atomic E-state index is 11.7. The lowest BCUT2D eigenvalue weighted by Crippen LogP contribution is -2.28. The zero-order chi connectivity index (χ0) is 19.1. The zero-order valence-electron chi connectivity index (χ0n) is 15.0. The molecule has 0 rings (SSSR count). The normalized spacial score (nSPS) is 14.6. The zero-order valence-corrected chi connectivity index (χ0v) is 15.9. The molecule has 148 valence electrons. The van der Waals surface area contributed by atoms with Crippen LogP contribution in [-0.2, 0) is 32.7 Å². The lowest BCUT2D eigenvalue weighted by atomic mass is 10.1. The maximum absolute atomic E-state index is 11.7. The van der Waals surface area contributed by atoms with Crippen molar-refractivity contribution in [2.45, 2.75) is 58.5 Å². The second-order valence-corrected chi connectivity index (χ2v) is 6.92. The fourth-order valence-corrected chi connectivity index (χ4v) is 2.63. The molecule has 25 heavy (non-hydrogen) atoms. The van der Waals surface area contributed by atoms with E-state index in [9.17, 15) is 19.0 Å². The Kier molecular flexibility index (Phi) is 13.6. The summed E-state index contributed by atoms with van der Waals surface area (Å²) in [6.45, 7) is 2.48. The van der Waals surface area contributed by atoms with Gasteiger partial charge in [-0.2, -0.15) is 0 Å². The number of phosphoric acid groups is 1. The topological polar surface area (TPSA) is 134 Å². The molecule has 2 atom stereocenters. The molecule has 0 heterocycles. The summed E-state index contributed by atoms with van der Waals surface area (Å²) in [6.07, 6.45) is 4.28. The first-order valence-electron chi connectivity index (χ1n) is 8.45. The van der Waals surface area contributed by atoms with Crippen LogP contribution in [0.1, 0.15) is 52.4 Å². The second kappa shape index (κ2) is 14.2. The number of hydrogen-bond donors (Lipinski definition) is 2. The van der Waals surface area contributed by atoms with Crippen molar-refractivity contribution in [3.8, 4) is 0 Å². The number of rotatable bonds is 15. The molecule has 9 nitrogen and oxygen atoms in total. The summed E-state index contributed by atoms with van der Waals surface area (Å²) < 4.78 is 30.7. The molecule has 0 bridgehead atoms. The minimum Gasteiger partial charge on any atom is -0.462 e. The van der Waals surface area contributed by atoms with Crippen LogP contribution in [0.5, 0.6) is 0 Å². The van der Waals surface area contributed by atoms with Crippen LogP contribution in [0.2, 0.25) is 0 Å². The van der Waals surface area contributed by atoms with E-state index in [1.54, 1.807) is 0 Å². The second-order valence-electron chi connectivity index (χ2n) is 5.46. The molecular formula is C15H30NO8P. The molecule has 3 N–H and O–H groups in total. The van der Waals surface area contributed by atoms with E-state index in [0.717, 1.165) is 32.1 Å². The average molecular weight is 383 g/mol. The maximum Gasteiger partial charge on any atom is 0.472 e. The van der Waals surface area contributed by atoms with E-state index in [0.29, 0.717) is 0 Å². The Morgan fingerprint density at radius 1 is 1.12 bits per heavy atom. The largest absolute Gasteiger partial charge is 0.472 e. The Balaban J connectivity index is 4.19. The lowest BCUT2D eigenvalue weighted by Gasteiger charge is -2.19. The number of carbonyl (C=O) groups excluding carboxylic acids is 2. The molecule has 0 aliphatic rings. The SMILES string of the molecule is CCCCCCCC(=O)OC[C@H](COP(=O)(O)OCCN)OC(C)=O. The monoisotopic (exact) mass is 383 g/mol. The van der Waals surface area contributed by atoms with Gasteiger partial charge in [-0.3, -0.25) is 18.6 Å². The van der Waals surface area contributed by atoms with Gasteiger partial charge >= 0.3 is 19.8 Å². The van der Waals surface area contributed by atoms with Crippen molar-refractivity contribution in [3.63, 3.8) is 0 Å². The van der Waals surface area contributed by atoms with Gasteiger partial charge in [-0.15, -0.1) is 0 Å². The van der Waals surface area contributed by atoms with Crippen molar-refractivity contribution in [2.75, 3.05) is 26.4 Å². The number of ether oxygens (including phenoxy) is 2. The summed E-state index contributed by atoms with van der Waals surface area (Å²) in [5.74, 6) is -1.04. The summed E-state index contributed by atoms with van der Waals surface area (Å²) in [6, 6.07) is 0. The van der Waals surface area contributed by atoms with E-state index in [2.05, 4.69) is 11.4 Å². The van der Waals surface area contributed by atoms with Gasteiger partial charge in [0.15, 0.2) is 6.10 Å². The van der Waals surface area contributed by atoms with Gasteiger partial charge in [0, 0.05) is 19.9 Å². The Hall–Kier alpha value is -0.990. The van der Waals surface area contributed by atoms with Crippen molar-refractivity contribution in [1.82, 2.24) is 0 Å². The van der Waals surface area contributed by atoms with E-state index in [1.807, 2.05) is 0 Å². The minimum absolute atomic E-state index is 0.0527. The molecule has 0 saturated heterocycles. The molecule has 10 heteroatoms. The number of hydrogen-bond acceptors (Lipinski definition) is 8. The van der Waals surface area contributed by atoms with Crippen LogP contribution in [0.15, 0.2) is 0 Å². The van der Waals surface area contributed by atoms with Crippen molar-refractivity contribution >= 4 is 19.8 Å². The van der Waals surface area contributed by atoms with E-state index < -0.39 is 32.5 Å². The third-order valence-corrected chi connectivity index (χ3v) is 4.03. The Morgan fingerprint density at radius 3 is 2.40 bits per heavy atom. The molecule has 0 spiro atoms. The van der Waals surface area contributed by atoms with E-state index in [1.165, 1.54) is 6.92 Å². The number of nitrogens with two attached hydrogens (primary N) is 1. The van der Waals surface area contributed by atoms with Crippen LogP contribution in [0, 0.1) is 0 Å². The first kappa shape index (κ1) is 24.0. The molecule has 0 radical (unpaired) electrons. The molecule has 0 aliphatic heterocycles. The number of carbonyl (C=O) groups is 2. The molecule has 0 amide bonds. The first-order chi connectivity index (χ1) is 11.8. The summed E-state index contributed by atoms with van der Waals surface area (Å²) in [5, 5.41) is 0. The summed E-state index contributed by atoms with van der Waals surface area (Å²) in [5.41, 5.74) is 5.17. The molecule has 0 aromatic rings. The predicted octanol–water partition coefficient (Wildman–Crippen LogP) is 1.91. The van der Waals surface area contributed by atoms with Gasteiger partial charge in [0.05, 0.1) is 13.2 Å². The quantitative estimate of drug-likeness (QED) is 0.247. The molecular weight excluding hydrogens is 353 g/mol. The number of phosphoric ester groups is 1. The molecule has 0 aliphatic carbocycles. The Labute approximate surface area is 148 Å². The highest BCUT2D eigenvalue weighted by Gasteiger charge is 2.25. The van der Waals surface area contributed by atoms with Gasteiger partial charge in [0.2, 0.25) is 0 Å². The molecule has 0 aromatic heterocycles. The third kappa shape index (κ3) is 15.0. The molecule has 0 saturated carbocycles. The number of esters is 2. The molecule has 0 aromatic carbocycles. The average Bonchev–Trinajstić information content (AvgIpc) is 2.55. The van der Waals surface area contributed by atoms with E-state index in [-0.39, 0.29) is 26.2 Å². The number of unbranched alkanes of at least 4 members (excludes halogenated alkanes) is 4. The van der Waals surface area contributed by atoms with Crippen LogP contribution < -0.4 is 5.73 Å². The van der Waals surface area contributed by atoms with Crippen molar-refractivity contribution < 1.29 is 37.6 Å². The Bertz CT molecular complexity index is 432. The van der Waals surface area contributed by atoms with Crippen molar-refractivity contribution in [3.05, 3.63) is 0 Å². The van der Waals surface area contributed by atoms with Gasteiger partial charge in [-0.1, -0.05) is 32.6 Å². The van der Waals surface area contributed by atoms with Gasteiger partial charge in [-0.05, 0) is 6.42 Å². The van der Waals surface area contributed by atoms with Gasteiger partial charge in [0.25, 0.3) is 0 Å². The van der Waals surface area contributed by atoms with Crippen molar-refractivity contribution in [2.24, 2.45) is 5.73 Å². The van der Waals surface area contributed by atoms with Crippen LogP contribution in [0.3, 0.4) is 0 Å². The highest BCUT2D eigenvalue weighted by atomic mass is 31.2. The summed E-state index contributed by atoms with van der Waals surface area (Å²) in [7, 11) is -4.29. The Morgan fingerprint density at radius 2 is 1.80 bits per heavy atom. The van der Waals surface area contributed by atoms with E-state index >= 15 is 0 Å². The summed E-state index contributed by atoms with van der Waals surface area (Å²) in [4.78, 5) is 32.1. The fourth-order valence-electron chi connectivity index (χ4n) is 1.86. The fraction of sp³-hybridized carbons (Fsp3) is 0.867. The van der Waals surface area contributed by atoms with Crippen LogP contribution in [-0.4, -0.2) is 49.3 Å². The van der Waals surface area contributed by atoms with E-state index in [4.69, 9.17) is 19.7 Å². The van der Waals surface area contributed by atoms with Gasteiger partial charge < -0.3 is 20.1 Å². The third-order valence-electron chi connectivity index (χ3n) is 3.04. The summed E-state index contributed by atoms with van der Waals surface area (Å²) >= 11 is 0. The lowest BCUT2D eigenvalue weighted by molar-refractivity contribution is -0.159. The molecule has 0 fully saturated rings. The first-order valence-corrected chi connectivity index (χ1v) is 9.95. The predicted molar refractivity (Wildman–Crippen MR) is 90.7 cm³/mol. The van der Waals surface area contributed by atoms with Gasteiger partial charge in [0.1, 0.15) is 6.61 Å². The van der Waals surface area contributed by atoms with Crippen molar-refractivity contribution in [1.29, 1.82) is 0 Å². The standard InChI is InChI=1S/C15H30NO8P/c1-3-4-5-6-7-8-15(18)21-11-14(24-13(2)17)12-23-25(19,20)22-10-9-16/h14H,3-12,16H2,1-2H3,(H,19,20)/t14-/m1/s1. The van der Waals surface area contributed by atoms with Crippen LogP contribution in [0.4, 0.5) is 0 Å². The minimum atomic E-state index is -4.29. The highest BCUT2D eigenvalue weighted by Crippen LogP contribution is 2.42. The highest BCUT2D eigenvalue weighted by molar-refractivity contribution is 7.47. The van der Waals surface area contributed by atoms with Crippen LogP contribution >= 0.6 is 7.82 Å². The molecule has 1 unspecified atom stereocenters.